The number of anilines is 2. The molecule has 0 unspecified atom stereocenters. The summed E-state index contributed by atoms with van der Waals surface area (Å²) in [4.78, 5) is 20.9. The van der Waals surface area contributed by atoms with Crippen LogP contribution in [0.1, 0.15) is 11.1 Å². The number of aryl methyl sites for hydroxylation is 1. The quantitative estimate of drug-likeness (QED) is 0.490. The second-order valence-electron chi connectivity index (χ2n) is 6.94. The fourth-order valence-corrected chi connectivity index (χ4v) is 3.47. The maximum atomic E-state index is 11.9. The van der Waals surface area contributed by atoms with Crippen LogP contribution in [-0.2, 0) is 16.6 Å². The maximum absolute atomic E-state index is 11.9. The molecule has 0 fully saturated rings. The summed E-state index contributed by atoms with van der Waals surface area (Å²) in [6.07, 6.45) is 4.35. The van der Waals surface area contributed by atoms with Crippen LogP contribution < -0.4 is 9.62 Å². The third-order valence-corrected chi connectivity index (χ3v) is 5.80. The molecule has 0 aliphatic rings. The standard InChI is InChI=1S/C20H21N7O2S/c1-13-6-7-15-16(11-13)25-19(24-15)18-21-10-8-17(26-18)23-12-14-5-4-9-22-20(14)27(2)30(3,28)29/h4-11H,12H2,1-3H3,(H,24,25)(H,21,23,26). The van der Waals surface area contributed by atoms with Gasteiger partial charge in [0.15, 0.2) is 11.6 Å². The number of rotatable bonds is 6. The van der Waals surface area contributed by atoms with Gasteiger partial charge in [-0.25, -0.2) is 28.4 Å². The Balaban J connectivity index is 1.57. The van der Waals surface area contributed by atoms with Crippen molar-refractivity contribution in [1.29, 1.82) is 0 Å². The minimum atomic E-state index is -3.41. The summed E-state index contributed by atoms with van der Waals surface area (Å²) in [5.74, 6) is 2.01. The average molecular weight is 424 g/mol. The van der Waals surface area contributed by atoms with E-state index >= 15 is 0 Å². The van der Waals surface area contributed by atoms with Gasteiger partial charge < -0.3 is 10.3 Å². The summed E-state index contributed by atoms with van der Waals surface area (Å²) in [5.41, 5.74) is 3.64. The Morgan fingerprint density at radius 2 is 1.93 bits per heavy atom. The largest absolute Gasteiger partial charge is 0.366 e. The number of aromatic nitrogens is 5. The molecule has 1 aromatic carbocycles. The fraction of sp³-hybridized carbons (Fsp3) is 0.200. The number of pyridine rings is 1. The van der Waals surface area contributed by atoms with Crippen LogP contribution in [0.4, 0.5) is 11.6 Å². The molecule has 154 valence electrons. The molecule has 0 aliphatic heterocycles. The smallest absolute Gasteiger partial charge is 0.233 e. The highest BCUT2D eigenvalue weighted by Gasteiger charge is 2.17. The van der Waals surface area contributed by atoms with E-state index in [-0.39, 0.29) is 0 Å². The van der Waals surface area contributed by atoms with Crippen LogP contribution in [0.25, 0.3) is 22.7 Å². The van der Waals surface area contributed by atoms with Gasteiger partial charge in [-0.15, -0.1) is 0 Å². The van der Waals surface area contributed by atoms with Crippen molar-refractivity contribution in [3.05, 3.63) is 59.9 Å². The number of benzene rings is 1. The summed E-state index contributed by atoms with van der Waals surface area (Å²) in [6.45, 7) is 2.37. The molecule has 0 aliphatic carbocycles. The third-order valence-electron chi connectivity index (χ3n) is 4.63. The van der Waals surface area contributed by atoms with Gasteiger partial charge >= 0.3 is 0 Å². The van der Waals surface area contributed by atoms with Crippen molar-refractivity contribution in [2.75, 3.05) is 22.9 Å². The molecule has 0 radical (unpaired) electrons. The van der Waals surface area contributed by atoms with E-state index in [9.17, 15) is 8.42 Å². The number of nitrogens with zero attached hydrogens (tertiary/aromatic N) is 5. The second-order valence-corrected chi connectivity index (χ2v) is 8.96. The number of imidazole rings is 1. The first-order valence-electron chi connectivity index (χ1n) is 9.23. The third kappa shape index (κ3) is 4.08. The molecular weight excluding hydrogens is 402 g/mol. The normalized spacial score (nSPS) is 11.6. The Labute approximate surface area is 174 Å². The highest BCUT2D eigenvalue weighted by atomic mass is 32.2. The predicted octanol–water partition coefficient (Wildman–Crippen LogP) is 2.73. The van der Waals surface area contributed by atoms with Gasteiger partial charge in [-0.2, -0.15) is 0 Å². The highest BCUT2D eigenvalue weighted by molar-refractivity contribution is 7.92. The molecule has 10 heteroatoms. The van der Waals surface area contributed by atoms with Crippen LogP contribution >= 0.6 is 0 Å². The van der Waals surface area contributed by atoms with Gasteiger partial charge in [0.25, 0.3) is 0 Å². The molecule has 0 amide bonds. The van der Waals surface area contributed by atoms with Gasteiger partial charge in [0.2, 0.25) is 10.0 Å². The van der Waals surface area contributed by atoms with Crippen molar-refractivity contribution >= 4 is 32.7 Å². The Kier molecular flexibility index (Phi) is 5.08. The van der Waals surface area contributed by atoms with Crippen LogP contribution in [0.3, 0.4) is 0 Å². The van der Waals surface area contributed by atoms with Crippen molar-refractivity contribution in [3.63, 3.8) is 0 Å². The van der Waals surface area contributed by atoms with E-state index in [1.807, 2.05) is 31.2 Å². The zero-order valence-corrected chi connectivity index (χ0v) is 17.6. The topological polar surface area (TPSA) is 117 Å². The summed E-state index contributed by atoms with van der Waals surface area (Å²) < 4.78 is 24.9. The number of H-pyrrole nitrogens is 1. The second kappa shape index (κ2) is 7.71. The van der Waals surface area contributed by atoms with Crippen molar-refractivity contribution in [3.8, 4) is 11.6 Å². The molecule has 3 heterocycles. The monoisotopic (exact) mass is 423 g/mol. The maximum Gasteiger partial charge on any atom is 0.233 e. The first kappa shape index (κ1) is 19.8. The van der Waals surface area contributed by atoms with Gasteiger partial charge in [0, 0.05) is 31.5 Å². The molecule has 0 bridgehead atoms. The van der Waals surface area contributed by atoms with Gasteiger partial charge in [0.1, 0.15) is 11.6 Å². The van der Waals surface area contributed by atoms with Crippen LogP contribution in [0.2, 0.25) is 0 Å². The number of sulfonamides is 1. The van der Waals surface area contributed by atoms with Crippen LogP contribution in [0.15, 0.2) is 48.8 Å². The van der Waals surface area contributed by atoms with E-state index in [0.29, 0.717) is 29.8 Å². The Morgan fingerprint density at radius 3 is 2.73 bits per heavy atom. The lowest BCUT2D eigenvalue weighted by Crippen LogP contribution is -2.27. The summed E-state index contributed by atoms with van der Waals surface area (Å²) in [6, 6.07) is 11.3. The van der Waals surface area contributed by atoms with E-state index in [1.165, 1.54) is 7.05 Å². The number of hydrogen-bond donors (Lipinski definition) is 2. The minimum absolute atomic E-state index is 0.346. The van der Waals surface area contributed by atoms with E-state index in [0.717, 1.165) is 32.7 Å². The van der Waals surface area contributed by atoms with Crippen LogP contribution in [-0.4, -0.2) is 46.6 Å². The zero-order chi connectivity index (χ0) is 21.3. The van der Waals surface area contributed by atoms with Crippen molar-refractivity contribution in [2.45, 2.75) is 13.5 Å². The molecule has 4 rings (SSSR count). The molecule has 0 saturated carbocycles. The first-order chi connectivity index (χ1) is 14.3. The van der Waals surface area contributed by atoms with Crippen LogP contribution in [0, 0.1) is 6.92 Å². The molecule has 9 nitrogen and oxygen atoms in total. The molecule has 4 aromatic rings. The molecule has 0 spiro atoms. The van der Waals surface area contributed by atoms with Crippen molar-refractivity contribution < 1.29 is 8.42 Å². The average Bonchev–Trinajstić information content (AvgIpc) is 3.15. The molecule has 2 N–H and O–H groups in total. The Hall–Kier alpha value is -3.53. The Morgan fingerprint density at radius 1 is 1.10 bits per heavy atom. The van der Waals surface area contributed by atoms with Crippen molar-refractivity contribution in [1.82, 2.24) is 24.9 Å². The SMILES string of the molecule is Cc1ccc2nc(-c3nccc(NCc4cccnc4N(C)S(C)(=O)=O)n3)[nH]c2c1. The number of nitrogens with one attached hydrogen (secondary N) is 2. The van der Waals surface area contributed by atoms with Gasteiger partial charge in [-0.3, -0.25) is 4.31 Å². The molecule has 3 aromatic heterocycles. The first-order valence-corrected chi connectivity index (χ1v) is 11.1. The van der Waals surface area contributed by atoms with Crippen LogP contribution in [0.5, 0.6) is 0 Å². The van der Waals surface area contributed by atoms with E-state index < -0.39 is 10.0 Å². The lowest BCUT2D eigenvalue weighted by atomic mass is 10.2. The van der Waals surface area contributed by atoms with E-state index in [2.05, 4.69) is 30.2 Å². The predicted molar refractivity (Wildman–Crippen MR) is 117 cm³/mol. The van der Waals surface area contributed by atoms with E-state index in [1.54, 1.807) is 24.5 Å². The van der Waals surface area contributed by atoms with E-state index in [4.69, 9.17) is 0 Å². The lowest BCUT2D eigenvalue weighted by Gasteiger charge is -2.19. The van der Waals surface area contributed by atoms with Crippen molar-refractivity contribution in [2.24, 2.45) is 0 Å². The number of fused-ring (bicyclic) bond motifs is 1. The number of aromatic amines is 1. The summed E-state index contributed by atoms with van der Waals surface area (Å²) in [7, 11) is -1.94. The molecule has 30 heavy (non-hydrogen) atoms. The summed E-state index contributed by atoms with van der Waals surface area (Å²) in [5, 5.41) is 3.21. The molecule has 0 saturated heterocycles. The lowest BCUT2D eigenvalue weighted by molar-refractivity contribution is 0.599. The van der Waals surface area contributed by atoms with Gasteiger partial charge in [0.05, 0.1) is 17.3 Å². The Bertz CT molecular complexity index is 1320. The fourth-order valence-electron chi connectivity index (χ4n) is 3.00. The van der Waals surface area contributed by atoms with Gasteiger partial charge in [-0.1, -0.05) is 12.1 Å². The highest BCUT2D eigenvalue weighted by Crippen LogP contribution is 2.21. The summed E-state index contributed by atoms with van der Waals surface area (Å²) >= 11 is 0. The number of hydrogen-bond acceptors (Lipinski definition) is 7. The molecule has 0 atom stereocenters. The zero-order valence-electron chi connectivity index (χ0n) is 16.8. The van der Waals surface area contributed by atoms with Gasteiger partial charge in [-0.05, 0) is 36.8 Å². The molecular formula is C20H21N7O2S. The minimum Gasteiger partial charge on any atom is -0.366 e.